The molecule has 2 unspecified atom stereocenters. The number of tetrazole rings is 1. The Morgan fingerprint density at radius 2 is 2.00 bits per heavy atom. The van der Waals surface area contributed by atoms with Crippen molar-refractivity contribution in [1.82, 2.24) is 25.5 Å². The molecule has 2 aromatic rings. The minimum absolute atomic E-state index is 0.197. The molecule has 0 bridgehead atoms. The first-order valence-corrected chi connectivity index (χ1v) is 8.21. The van der Waals surface area contributed by atoms with Crippen molar-refractivity contribution in [3.63, 3.8) is 0 Å². The lowest BCUT2D eigenvalue weighted by molar-refractivity contribution is -0.125. The van der Waals surface area contributed by atoms with Crippen LogP contribution < -0.4 is 5.32 Å². The summed E-state index contributed by atoms with van der Waals surface area (Å²) in [5.74, 6) is 0.754. The highest BCUT2D eigenvalue weighted by molar-refractivity contribution is 5.80. The second-order valence-corrected chi connectivity index (χ2v) is 6.40. The van der Waals surface area contributed by atoms with Gasteiger partial charge in [-0.2, -0.15) is 0 Å². The number of carbonyl (C=O) groups excluding carboxylic acids is 1. The van der Waals surface area contributed by atoms with E-state index >= 15 is 0 Å². The third-order valence-electron chi connectivity index (χ3n) is 3.78. The summed E-state index contributed by atoms with van der Waals surface area (Å²) in [4.78, 5) is 12.6. The van der Waals surface area contributed by atoms with Crippen molar-refractivity contribution in [3.8, 4) is 0 Å². The van der Waals surface area contributed by atoms with Gasteiger partial charge in [0.2, 0.25) is 5.91 Å². The number of nitrogens with one attached hydrogen (secondary N) is 1. The van der Waals surface area contributed by atoms with Crippen LogP contribution in [-0.4, -0.2) is 43.9 Å². The van der Waals surface area contributed by atoms with E-state index in [0.717, 1.165) is 5.56 Å². The number of hydrogen-bond donors (Lipinski definition) is 2. The van der Waals surface area contributed by atoms with Gasteiger partial charge in [0.05, 0.1) is 6.10 Å². The van der Waals surface area contributed by atoms with Gasteiger partial charge in [-0.3, -0.25) is 4.79 Å². The lowest BCUT2D eigenvalue weighted by atomic mass is 10.0. The van der Waals surface area contributed by atoms with Gasteiger partial charge in [0.25, 0.3) is 0 Å². The molecule has 24 heavy (non-hydrogen) atoms. The van der Waals surface area contributed by atoms with E-state index < -0.39 is 12.1 Å². The number of nitrogens with zero attached hydrogens (tertiary/aromatic N) is 4. The van der Waals surface area contributed by atoms with E-state index in [9.17, 15) is 9.90 Å². The van der Waals surface area contributed by atoms with E-state index in [0.29, 0.717) is 24.6 Å². The second-order valence-electron chi connectivity index (χ2n) is 6.40. The van der Waals surface area contributed by atoms with Crippen LogP contribution in [0.1, 0.15) is 37.7 Å². The molecule has 7 nitrogen and oxygen atoms in total. The summed E-state index contributed by atoms with van der Waals surface area (Å²) in [6.45, 7) is 6.06. The fourth-order valence-electron chi connectivity index (χ4n) is 2.62. The molecule has 1 heterocycles. The van der Waals surface area contributed by atoms with Gasteiger partial charge >= 0.3 is 0 Å². The molecule has 7 heteroatoms. The Hall–Kier alpha value is -2.28. The van der Waals surface area contributed by atoms with Gasteiger partial charge in [-0.25, -0.2) is 4.68 Å². The molecule has 0 fully saturated rings. The van der Waals surface area contributed by atoms with Crippen LogP contribution in [0.25, 0.3) is 0 Å². The van der Waals surface area contributed by atoms with Crippen molar-refractivity contribution in [2.24, 2.45) is 5.92 Å². The van der Waals surface area contributed by atoms with Crippen molar-refractivity contribution in [3.05, 3.63) is 41.7 Å². The zero-order valence-corrected chi connectivity index (χ0v) is 14.4. The highest BCUT2D eigenvalue weighted by Crippen LogP contribution is 2.15. The highest BCUT2D eigenvalue weighted by Gasteiger charge is 2.24. The maximum Gasteiger partial charge on any atom is 0.245 e. The molecule has 1 aromatic carbocycles. The zero-order valence-electron chi connectivity index (χ0n) is 14.4. The van der Waals surface area contributed by atoms with E-state index in [1.807, 2.05) is 44.2 Å². The molecule has 0 aliphatic carbocycles. The molecule has 0 spiro atoms. The molecule has 2 N–H and O–H groups in total. The summed E-state index contributed by atoms with van der Waals surface area (Å²) in [6.07, 6.45) is 0.577. The molecular weight excluding hydrogens is 306 g/mol. The number of aromatic nitrogens is 4. The first-order valence-electron chi connectivity index (χ1n) is 8.21. The lowest BCUT2D eigenvalue weighted by Crippen LogP contribution is -2.39. The number of hydrogen-bond acceptors (Lipinski definition) is 5. The molecule has 2 atom stereocenters. The molecule has 0 aliphatic rings. The largest absolute Gasteiger partial charge is 0.391 e. The molecule has 1 amide bonds. The van der Waals surface area contributed by atoms with Crippen molar-refractivity contribution >= 4 is 5.91 Å². The Bertz CT molecular complexity index is 641. The van der Waals surface area contributed by atoms with Gasteiger partial charge in [-0.1, -0.05) is 44.2 Å². The Balaban J connectivity index is 2.08. The number of aliphatic hydroxyl groups is 1. The predicted molar refractivity (Wildman–Crippen MR) is 90.2 cm³/mol. The van der Waals surface area contributed by atoms with E-state index in [4.69, 9.17) is 0 Å². The molecule has 0 aliphatic heterocycles. The van der Waals surface area contributed by atoms with Crippen LogP contribution >= 0.6 is 0 Å². The van der Waals surface area contributed by atoms with Gasteiger partial charge in [0.15, 0.2) is 0 Å². The summed E-state index contributed by atoms with van der Waals surface area (Å²) < 4.78 is 1.52. The van der Waals surface area contributed by atoms with E-state index in [1.54, 1.807) is 6.92 Å². The number of aryl methyl sites for hydroxylation is 1. The van der Waals surface area contributed by atoms with Gasteiger partial charge in [-0.15, -0.1) is 5.10 Å². The first kappa shape index (κ1) is 18.1. The number of benzene rings is 1. The van der Waals surface area contributed by atoms with Crippen LogP contribution in [0, 0.1) is 12.8 Å². The average Bonchev–Trinajstić information content (AvgIpc) is 2.96. The molecule has 1 aromatic heterocycles. The number of aliphatic hydroxyl groups excluding tert-OH is 1. The van der Waals surface area contributed by atoms with Crippen molar-refractivity contribution in [1.29, 1.82) is 0 Å². The first-order chi connectivity index (χ1) is 11.5. The van der Waals surface area contributed by atoms with Gasteiger partial charge in [-0.05, 0) is 35.3 Å². The Morgan fingerprint density at radius 3 is 2.58 bits per heavy atom. The van der Waals surface area contributed by atoms with Crippen molar-refractivity contribution < 1.29 is 9.90 Å². The SMILES string of the molecule is Cc1nnnn1C(Cc1ccccc1)C(=O)NCC(O)CC(C)C. The summed E-state index contributed by atoms with van der Waals surface area (Å²) in [6, 6.07) is 9.19. The Morgan fingerprint density at radius 1 is 1.29 bits per heavy atom. The van der Waals surface area contributed by atoms with Crippen LogP contribution in [0.15, 0.2) is 30.3 Å². The number of carbonyl (C=O) groups is 1. The maximum atomic E-state index is 12.6. The van der Waals surface area contributed by atoms with Crippen LogP contribution in [0.4, 0.5) is 0 Å². The summed E-state index contributed by atoms with van der Waals surface area (Å²) in [5, 5.41) is 24.2. The lowest BCUT2D eigenvalue weighted by Gasteiger charge is -2.19. The quantitative estimate of drug-likeness (QED) is 0.760. The average molecular weight is 331 g/mol. The Labute approximate surface area is 142 Å². The van der Waals surface area contributed by atoms with E-state index in [2.05, 4.69) is 20.8 Å². The fraction of sp³-hybridized carbons (Fsp3) is 0.529. The molecule has 0 saturated carbocycles. The summed E-state index contributed by atoms with van der Waals surface area (Å²) in [5.41, 5.74) is 1.02. The maximum absolute atomic E-state index is 12.6. The van der Waals surface area contributed by atoms with Crippen LogP contribution in [0.5, 0.6) is 0 Å². The third-order valence-corrected chi connectivity index (χ3v) is 3.78. The van der Waals surface area contributed by atoms with Crippen LogP contribution in [0.3, 0.4) is 0 Å². The minimum atomic E-state index is -0.554. The number of rotatable bonds is 8. The Kier molecular flexibility index (Phi) is 6.43. The monoisotopic (exact) mass is 331 g/mol. The molecule has 130 valence electrons. The molecule has 0 saturated heterocycles. The van der Waals surface area contributed by atoms with Crippen molar-refractivity contribution in [2.45, 2.75) is 45.8 Å². The molecule has 0 radical (unpaired) electrons. The number of amides is 1. The summed E-state index contributed by atoms with van der Waals surface area (Å²) in [7, 11) is 0. The van der Waals surface area contributed by atoms with Crippen LogP contribution in [0.2, 0.25) is 0 Å². The summed E-state index contributed by atoms with van der Waals surface area (Å²) >= 11 is 0. The van der Waals surface area contributed by atoms with Gasteiger partial charge in [0.1, 0.15) is 11.9 Å². The van der Waals surface area contributed by atoms with E-state index in [1.165, 1.54) is 4.68 Å². The smallest absolute Gasteiger partial charge is 0.245 e. The third kappa shape index (κ3) is 5.13. The van der Waals surface area contributed by atoms with E-state index in [-0.39, 0.29) is 12.5 Å². The molecular formula is C17H25N5O2. The van der Waals surface area contributed by atoms with Crippen molar-refractivity contribution in [2.75, 3.05) is 6.54 Å². The topological polar surface area (TPSA) is 92.9 Å². The fourth-order valence-corrected chi connectivity index (χ4v) is 2.62. The molecule has 2 rings (SSSR count). The zero-order chi connectivity index (χ0) is 17.5. The second kappa shape index (κ2) is 8.54. The van der Waals surface area contributed by atoms with Gasteiger partial charge in [0, 0.05) is 13.0 Å². The van der Waals surface area contributed by atoms with Crippen LogP contribution in [-0.2, 0) is 11.2 Å². The minimum Gasteiger partial charge on any atom is -0.391 e. The normalized spacial score (nSPS) is 13.7. The van der Waals surface area contributed by atoms with Gasteiger partial charge < -0.3 is 10.4 Å². The standard InChI is InChI=1S/C17H25N5O2/c1-12(2)9-15(23)11-18-17(24)16(22-13(3)19-20-21-22)10-14-7-5-4-6-8-14/h4-8,12,15-16,23H,9-11H2,1-3H3,(H,18,24). The predicted octanol–water partition coefficient (Wildman–Crippen LogP) is 1.29. The highest BCUT2D eigenvalue weighted by atomic mass is 16.3.